The summed E-state index contributed by atoms with van der Waals surface area (Å²) in [6.07, 6.45) is 8.89. The fraction of sp³-hybridized carbons (Fsp3) is 0.800. The molecule has 0 atom stereocenters. The summed E-state index contributed by atoms with van der Waals surface area (Å²) in [5, 5.41) is 7.64. The van der Waals surface area contributed by atoms with Crippen LogP contribution >= 0.6 is 0 Å². The van der Waals surface area contributed by atoms with Crippen LogP contribution in [0.5, 0.6) is 0 Å². The third-order valence-corrected chi connectivity index (χ3v) is 5.71. The van der Waals surface area contributed by atoms with Crippen molar-refractivity contribution in [3.8, 4) is 0 Å². The third-order valence-electron chi connectivity index (χ3n) is 5.71. The zero-order valence-electron chi connectivity index (χ0n) is 17.0. The summed E-state index contributed by atoms with van der Waals surface area (Å²) in [4.78, 5) is 9.31. The summed E-state index contributed by atoms with van der Waals surface area (Å²) in [5.41, 5.74) is 0.983. The SMILES string of the molecule is CCCOC1(CNC(=NC)N2CCN(Cc3ccon3)CC2)CCCCC1. The number of hydrogen-bond donors (Lipinski definition) is 1. The van der Waals surface area contributed by atoms with E-state index in [4.69, 9.17) is 9.26 Å². The maximum atomic E-state index is 6.32. The van der Waals surface area contributed by atoms with E-state index in [1.165, 1.54) is 19.3 Å². The molecule has 1 aliphatic carbocycles. The molecule has 1 saturated carbocycles. The molecule has 0 bridgehead atoms. The summed E-state index contributed by atoms with van der Waals surface area (Å²) < 4.78 is 11.2. The Morgan fingerprint density at radius 1 is 1.26 bits per heavy atom. The highest BCUT2D eigenvalue weighted by Gasteiger charge is 2.33. The number of nitrogens with one attached hydrogen (secondary N) is 1. The second-order valence-corrected chi connectivity index (χ2v) is 7.75. The summed E-state index contributed by atoms with van der Waals surface area (Å²) in [5.74, 6) is 1.00. The van der Waals surface area contributed by atoms with E-state index in [1.54, 1.807) is 6.26 Å². The molecule has 2 fully saturated rings. The first-order valence-corrected chi connectivity index (χ1v) is 10.5. The van der Waals surface area contributed by atoms with Gasteiger partial charge in [0.25, 0.3) is 0 Å². The van der Waals surface area contributed by atoms with E-state index in [1.807, 2.05) is 13.1 Å². The fourth-order valence-electron chi connectivity index (χ4n) is 4.13. The van der Waals surface area contributed by atoms with Crippen LogP contribution in [-0.2, 0) is 11.3 Å². The first-order valence-electron chi connectivity index (χ1n) is 10.5. The number of hydrogen-bond acceptors (Lipinski definition) is 5. The van der Waals surface area contributed by atoms with Gasteiger partial charge in [0.1, 0.15) is 6.26 Å². The van der Waals surface area contributed by atoms with Gasteiger partial charge >= 0.3 is 0 Å². The highest BCUT2D eigenvalue weighted by atomic mass is 16.5. The second-order valence-electron chi connectivity index (χ2n) is 7.75. The molecule has 0 radical (unpaired) electrons. The van der Waals surface area contributed by atoms with Crippen molar-refractivity contribution in [3.05, 3.63) is 18.0 Å². The van der Waals surface area contributed by atoms with Gasteiger partial charge < -0.3 is 19.5 Å². The van der Waals surface area contributed by atoms with Crippen LogP contribution in [-0.4, -0.2) is 72.9 Å². The van der Waals surface area contributed by atoms with E-state index in [0.29, 0.717) is 0 Å². The first kappa shape index (κ1) is 20.1. The Morgan fingerprint density at radius 3 is 2.67 bits per heavy atom. The van der Waals surface area contributed by atoms with Crippen molar-refractivity contribution < 1.29 is 9.26 Å². The van der Waals surface area contributed by atoms with Gasteiger partial charge in [-0.25, -0.2) is 0 Å². The number of ether oxygens (including phenoxy) is 1. The lowest BCUT2D eigenvalue weighted by molar-refractivity contribution is -0.0660. The van der Waals surface area contributed by atoms with Gasteiger partial charge in [-0.1, -0.05) is 31.3 Å². The first-order chi connectivity index (χ1) is 13.2. The fourth-order valence-corrected chi connectivity index (χ4v) is 4.13. The standard InChI is InChI=1S/C20H35N5O2/c1-3-14-26-20(8-5-4-6-9-20)17-22-19(21-2)25-12-10-24(11-13-25)16-18-7-15-27-23-18/h7,15H,3-6,8-14,16-17H2,1-2H3,(H,21,22). The zero-order valence-corrected chi connectivity index (χ0v) is 17.0. The molecule has 1 aliphatic heterocycles. The van der Waals surface area contributed by atoms with Crippen LogP contribution in [0.1, 0.15) is 51.1 Å². The van der Waals surface area contributed by atoms with Crippen LogP contribution < -0.4 is 5.32 Å². The molecular weight excluding hydrogens is 342 g/mol. The van der Waals surface area contributed by atoms with E-state index in [-0.39, 0.29) is 5.60 Å². The Kier molecular flexibility index (Phi) is 7.52. The number of aliphatic imine (C=N–C) groups is 1. The van der Waals surface area contributed by atoms with E-state index in [2.05, 4.69) is 32.2 Å². The van der Waals surface area contributed by atoms with Crippen LogP contribution in [0.3, 0.4) is 0 Å². The van der Waals surface area contributed by atoms with Crippen LogP contribution in [0.4, 0.5) is 0 Å². The molecule has 0 amide bonds. The lowest BCUT2D eigenvalue weighted by Crippen LogP contribution is -2.55. The summed E-state index contributed by atoms with van der Waals surface area (Å²) in [6, 6.07) is 1.94. The predicted molar refractivity (Wildman–Crippen MR) is 107 cm³/mol. The Labute approximate surface area is 163 Å². The minimum absolute atomic E-state index is 0.0149. The molecule has 0 spiro atoms. The highest BCUT2D eigenvalue weighted by molar-refractivity contribution is 5.80. The van der Waals surface area contributed by atoms with Crippen molar-refractivity contribution in [2.45, 2.75) is 57.6 Å². The van der Waals surface area contributed by atoms with E-state index < -0.39 is 0 Å². The Bertz CT molecular complexity index is 561. The maximum absolute atomic E-state index is 6.32. The number of aromatic nitrogens is 1. The minimum atomic E-state index is -0.0149. The van der Waals surface area contributed by atoms with Crippen molar-refractivity contribution in [2.75, 3.05) is 46.4 Å². The quantitative estimate of drug-likeness (QED) is 0.582. The molecule has 0 unspecified atom stereocenters. The van der Waals surface area contributed by atoms with Crippen molar-refractivity contribution >= 4 is 5.96 Å². The van der Waals surface area contributed by atoms with Gasteiger partial charge in [-0.05, 0) is 19.3 Å². The van der Waals surface area contributed by atoms with Gasteiger partial charge in [0.2, 0.25) is 0 Å². The smallest absolute Gasteiger partial charge is 0.193 e. The van der Waals surface area contributed by atoms with Gasteiger partial charge in [-0.3, -0.25) is 9.89 Å². The highest BCUT2D eigenvalue weighted by Crippen LogP contribution is 2.31. The van der Waals surface area contributed by atoms with Crippen LogP contribution in [0, 0.1) is 0 Å². The van der Waals surface area contributed by atoms with Gasteiger partial charge in [0.05, 0.1) is 11.3 Å². The molecular formula is C20H35N5O2. The van der Waals surface area contributed by atoms with Gasteiger partial charge in [0, 0.05) is 59.0 Å². The maximum Gasteiger partial charge on any atom is 0.193 e. The van der Waals surface area contributed by atoms with Crippen LogP contribution in [0.15, 0.2) is 21.8 Å². The predicted octanol–water partition coefficient (Wildman–Crippen LogP) is 2.50. The molecule has 2 aliphatic rings. The molecule has 0 aromatic carbocycles. The number of rotatable bonds is 7. The molecule has 7 heteroatoms. The van der Waals surface area contributed by atoms with Gasteiger partial charge in [0.15, 0.2) is 5.96 Å². The zero-order chi connectivity index (χ0) is 19.0. The number of piperazine rings is 1. The molecule has 2 heterocycles. The Morgan fingerprint density at radius 2 is 2.04 bits per heavy atom. The third kappa shape index (κ3) is 5.69. The molecule has 27 heavy (non-hydrogen) atoms. The van der Waals surface area contributed by atoms with E-state index in [9.17, 15) is 0 Å². The second kappa shape index (κ2) is 10.1. The van der Waals surface area contributed by atoms with E-state index in [0.717, 1.165) is 76.8 Å². The van der Waals surface area contributed by atoms with E-state index >= 15 is 0 Å². The summed E-state index contributed by atoms with van der Waals surface area (Å²) >= 11 is 0. The normalized spacial score (nSPS) is 21.4. The van der Waals surface area contributed by atoms with Gasteiger partial charge in [-0.2, -0.15) is 0 Å². The molecule has 3 rings (SSSR count). The van der Waals surface area contributed by atoms with Crippen molar-refractivity contribution in [2.24, 2.45) is 4.99 Å². The van der Waals surface area contributed by atoms with Crippen LogP contribution in [0.25, 0.3) is 0 Å². The largest absolute Gasteiger partial charge is 0.373 e. The molecule has 1 saturated heterocycles. The van der Waals surface area contributed by atoms with Crippen LogP contribution in [0.2, 0.25) is 0 Å². The molecule has 7 nitrogen and oxygen atoms in total. The average Bonchev–Trinajstić information content (AvgIpc) is 3.22. The molecule has 1 N–H and O–H groups in total. The summed E-state index contributed by atoms with van der Waals surface area (Å²) in [6.45, 7) is 8.70. The van der Waals surface area contributed by atoms with Crippen molar-refractivity contribution in [1.82, 2.24) is 20.3 Å². The lowest BCUT2D eigenvalue weighted by atomic mass is 9.84. The Hall–Kier alpha value is -1.60. The van der Waals surface area contributed by atoms with Crippen molar-refractivity contribution in [1.29, 1.82) is 0 Å². The van der Waals surface area contributed by atoms with Gasteiger partial charge in [-0.15, -0.1) is 0 Å². The topological polar surface area (TPSA) is 66.1 Å². The monoisotopic (exact) mass is 377 g/mol. The molecule has 152 valence electrons. The lowest BCUT2D eigenvalue weighted by Gasteiger charge is -2.40. The number of guanidine groups is 1. The van der Waals surface area contributed by atoms with Crippen molar-refractivity contribution in [3.63, 3.8) is 0 Å². The minimum Gasteiger partial charge on any atom is -0.373 e. The average molecular weight is 378 g/mol. The molecule has 1 aromatic heterocycles. The molecule has 1 aromatic rings. The summed E-state index contributed by atoms with van der Waals surface area (Å²) in [7, 11) is 1.88. The number of nitrogens with zero attached hydrogens (tertiary/aromatic N) is 4. The Balaban J connectivity index is 1.48.